The number of hydrogen-bond donors (Lipinski definition) is 2. The Hall–Kier alpha value is -1.74. The number of likely N-dealkylation sites (tertiary alicyclic amines) is 1. The topological polar surface area (TPSA) is 70.4 Å². The fourth-order valence-corrected chi connectivity index (χ4v) is 4.24. The third-order valence-corrected chi connectivity index (χ3v) is 5.87. The third kappa shape index (κ3) is 4.70. The van der Waals surface area contributed by atoms with E-state index in [2.05, 4.69) is 33.0 Å². The first kappa shape index (κ1) is 19.0. The first-order valence-electron chi connectivity index (χ1n) is 8.31. The number of non-ortho nitro benzene ring substituents is 1. The van der Waals surface area contributed by atoms with E-state index in [1.807, 2.05) is 0 Å². The number of rotatable bonds is 6. The summed E-state index contributed by atoms with van der Waals surface area (Å²) in [6, 6.07) is 8.70. The lowest BCUT2D eigenvalue weighted by atomic mass is 10.2. The summed E-state index contributed by atoms with van der Waals surface area (Å²) in [6.07, 6.45) is 2.43. The van der Waals surface area contributed by atoms with Gasteiger partial charge < -0.3 is 10.6 Å². The van der Waals surface area contributed by atoms with Gasteiger partial charge in [-0.1, -0.05) is 17.7 Å². The number of nitro benzene ring substituents is 1. The molecule has 0 radical (unpaired) electrons. The van der Waals surface area contributed by atoms with Crippen LogP contribution in [0.5, 0.6) is 0 Å². The Morgan fingerprint density at radius 1 is 1.38 bits per heavy atom. The molecule has 0 spiro atoms. The van der Waals surface area contributed by atoms with Crippen molar-refractivity contribution in [1.82, 2.24) is 10.2 Å². The average Bonchev–Trinajstić information content (AvgIpc) is 3.31. The Bertz CT molecular complexity index is 779. The van der Waals surface area contributed by atoms with Gasteiger partial charge in [0.05, 0.1) is 21.7 Å². The smallest absolute Gasteiger partial charge is 0.271 e. The van der Waals surface area contributed by atoms with Crippen LogP contribution in [0.1, 0.15) is 23.8 Å². The van der Waals surface area contributed by atoms with Gasteiger partial charge in [0.1, 0.15) is 0 Å². The molecule has 138 valence electrons. The number of benzene rings is 1. The van der Waals surface area contributed by atoms with Gasteiger partial charge in [0.15, 0.2) is 5.11 Å². The Morgan fingerprint density at radius 3 is 2.81 bits per heavy atom. The van der Waals surface area contributed by atoms with Crippen LogP contribution in [0.15, 0.2) is 35.7 Å². The molecule has 2 aromatic rings. The molecule has 0 amide bonds. The lowest BCUT2D eigenvalue weighted by Gasteiger charge is -2.27. The molecule has 1 aromatic heterocycles. The maximum absolute atomic E-state index is 10.9. The Balaban J connectivity index is 1.64. The Kier molecular flexibility index (Phi) is 6.42. The van der Waals surface area contributed by atoms with E-state index in [1.165, 1.54) is 35.9 Å². The van der Waals surface area contributed by atoms with Crippen molar-refractivity contribution in [3.63, 3.8) is 0 Å². The van der Waals surface area contributed by atoms with Gasteiger partial charge in [0.2, 0.25) is 0 Å². The van der Waals surface area contributed by atoms with E-state index in [0.29, 0.717) is 22.4 Å². The molecule has 2 heterocycles. The van der Waals surface area contributed by atoms with Crippen LogP contribution in [-0.4, -0.2) is 34.6 Å². The van der Waals surface area contributed by atoms with Crippen LogP contribution < -0.4 is 10.6 Å². The highest BCUT2D eigenvalue weighted by Crippen LogP contribution is 2.29. The molecule has 6 nitrogen and oxygen atoms in total. The van der Waals surface area contributed by atoms with E-state index < -0.39 is 4.92 Å². The predicted molar refractivity (Wildman–Crippen MR) is 110 cm³/mol. The van der Waals surface area contributed by atoms with Gasteiger partial charge >= 0.3 is 0 Å². The van der Waals surface area contributed by atoms with Crippen molar-refractivity contribution < 1.29 is 4.92 Å². The van der Waals surface area contributed by atoms with Crippen LogP contribution in [0.2, 0.25) is 5.02 Å². The van der Waals surface area contributed by atoms with Crippen LogP contribution in [-0.2, 0) is 0 Å². The largest absolute Gasteiger partial charge is 0.360 e. The molecule has 0 bridgehead atoms. The first-order chi connectivity index (χ1) is 12.5. The number of thiocarbonyl (C=S) groups is 1. The molecule has 26 heavy (non-hydrogen) atoms. The van der Waals surface area contributed by atoms with E-state index in [1.54, 1.807) is 11.3 Å². The predicted octanol–water partition coefficient (Wildman–Crippen LogP) is 4.43. The second kappa shape index (κ2) is 8.77. The quantitative estimate of drug-likeness (QED) is 0.417. The molecular weight excluding hydrogens is 392 g/mol. The van der Waals surface area contributed by atoms with Gasteiger partial charge in [-0.3, -0.25) is 15.0 Å². The number of nitro groups is 1. The summed E-state index contributed by atoms with van der Waals surface area (Å²) in [5, 5.41) is 20.0. The van der Waals surface area contributed by atoms with Gasteiger partial charge in [-0.15, -0.1) is 11.3 Å². The summed E-state index contributed by atoms with van der Waals surface area (Å²) in [4.78, 5) is 14.2. The summed E-state index contributed by atoms with van der Waals surface area (Å²) >= 11 is 13.2. The SMILES string of the molecule is O=[N+]([O-])c1ccc(Cl)c(NC(=S)NC[C@@H](c2cccs2)N2CCCC2)c1. The molecular formula is C17H19ClN4O2S2. The number of thiophene rings is 1. The maximum atomic E-state index is 10.9. The molecule has 1 fully saturated rings. The van der Waals surface area contributed by atoms with E-state index in [4.69, 9.17) is 23.8 Å². The maximum Gasteiger partial charge on any atom is 0.271 e. The van der Waals surface area contributed by atoms with Crippen LogP contribution in [0.25, 0.3) is 0 Å². The van der Waals surface area contributed by atoms with Crippen LogP contribution in [0, 0.1) is 10.1 Å². The van der Waals surface area contributed by atoms with E-state index in [-0.39, 0.29) is 11.7 Å². The van der Waals surface area contributed by atoms with Gasteiger partial charge in [0, 0.05) is 23.6 Å². The van der Waals surface area contributed by atoms with Gasteiger partial charge in [-0.2, -0.15) is 0 Å². The third-order valence-electron chi connectivity index (χ3n) is 4.32. The molecule has 1 aromatic carbocycles. The number of anilines is 1. The van der Waals surface area contributed by atoms with Crippen LogP contribution in [0.3, 0.4) is 0 Å². The van der Waals surface area contributed by atoms with Crippen molar-refractivity contribution in [3.8, 4) is 0 Å². The molecule has 9 heteroatoms. The zero-order chi connectivity index (χ0) is 18.5. The molecule has 3 rings (SSSR count). The van der Waals surface area contributed by atoms with E-state index in [9.17, 15) is 10.1 Å². The second-order valence-electron chi connectivity index (χ2n) is 6.03. The van der Waals surface area contributed by atoms with E-state index in [0.717, 1.165) is 13.1 Å². The molecule has 1 saturated heterocycles. The van der Waals surface area contributed by atoms with Gasteiger partial charge in [0.25, 0.3) is 5.69 Å². The first-order valence-corrected chi connectivity index (χ1v) is 9.97. The van der Waals surface area contributed by atoms with Crippen molar-refractivity contribution in [2.45, 2.75) is 18.9 Å². The molecule has 1 aliphatic heterocycles. The average molecular weight is 411 g/mol. The minimum Gasteiger partial charge on any atom is -0.360 e. The van der Waals surface area contributed by atoms with Gasteiger partial charge in [-0.25, -0.2) is 0 Å². The highest BCUT2D eigenvalue weighted by molar-refractivity contribution is 7.80. The second-order valence-corrected chi connectivity index (χ2v) is 7.83. The fraction of sp³-hybridized carbons (Fsp3) is 0.353. The highest BCUT2D eigenvalue weighted by Gasteiger charge is 2.24. The monoisotopic (exact) mass is 410 g/mol. The lowest BCUT2D eigenvalue weighted by Crippen LogP contribution is -2.38. The van der Waals surface area contributed by atoms with Gasteiger partial charge in [-0.05, 0) is 55.7 Å². The zero-order valence-electron chi connectivity index (χ0n) is 14.0. The molecule has 0 saturated carbocycles. The van der Waals surface area contributed by atoms with Crippen molar-refractivity contribution in [1.29, 1.82) is 0 Å². The van der Waals surface area contributed by atoms with Crippen LogP contribution >= 0.6 is 35.2 Å². The van der Waals surface area contributed by atoms with Crippen molar-refractivity contribution >= 4 is 51.6 Å². The Morgan fingerprint density at radius 2 is 2.15 bits per heavy atom. The molecule has 1 aliphatic rings. The summed E-state index contributed by atoms with van der Waals surface area (Å²) in [5.74, 6) is 0. The van der Waals surface area contributed by atoms with Crippen molar-refractivity contribution in [2.75, 3.05) is 25.0 Å². The van der Waals surface area contributed by atoms with Crippen molar-refractivity contribution in [2.24, 2.45) is 0 Å². The summed E-state index contributed by atoms with van der Waals surface area (Å²) in [6.45, 7) is 2.83. The summed E-state index contributed by atoms with van der Waals surface area (Å²) in [7, 11) is 0. The minimum absolute atomic E-state index is 0.0340. The minimum atomic E-state index is -0.460. The highest BCUT2D eigenvalue weighted by atomic mass is 35.5. The standard InChI is InChI=1S/C17H19ClN4O2S2/c18-13-6-5-12(22(23)24)10-14(13)20-17(25)19-11-15(16-4-3-9-26-16)21-7-1-2-8-21/h3-6,9-10,15H,1-2,7-8,11H2,(H2,19,20,25)/t15-/m0/s1. The summed E-state index contributed by atoms with van der Waals surface area (Å²) in [5.41, 5.74) is 0.389. The molecule has 0 unspecified atom stereocenters. The van der Waals surface area contributed by atoms with Crippen LogP contribution in [0.4, 0.5) is 11.4 Å². The zero-order valence-corrected chi connectivity index (χ0v) is 16.4. The normalized spacial score (nSPS) is 15.6. The summed E-state index contributed by atoms with van der Waals surface area (Å²) < 4.78 is 0. The Labute approximate surface area is 166 Å². The lowest BCUT2D eigenvalue weighted by molar-refractivity contribution is -0.384. The fourth-order valence-electron chi connectivity index (χ4n) is 3.02. The van der Waals surface area contributed by atoms with Crippen molar-refractivity contribution in [3.05, 3.63) is 55.7 Å². The number of halogens is 1. The number of nitrogens with one attached hydrogen (secondary N) is 2. The molecule has 2 N–H and O–H groups in total. The molecule has 1 atom stereocenters. The number of nitrogens with zero attached hydrogens (tertiary/aromatic N) is 2. The molecule has 0 aliphatic carbocycles. The number of hydrogen-bond acceptors (Lipinski definition) is 5. The van der Waals surface area contributed by atoms with E-state index >= 15 is 0 Å².